The molecule has 6 heteroatoms. The number of ether oxygens (including phenoxy) is 1. The SMILES string of the molecule is COC1CN(c2cccc(/C(N)=N/O)n2)CCC1C. The van der Waals surface area contributed by atoms with Gasteiger partial charge in [0.1, 0.15) is 11.5 Å². The van der Waals surface area contributed by atoms with Gasteiger partial charge >= 0.3 is 0 Å². The molecule has 3 N–H and O–H groups in total. The number of piperidine rings is 1. The van der Waals surface area contributed by atoms with Crippen molar-refractivity contribution in [2.24, 2.45) is 16.8 Å². The summed E-state index contributed by atoms with van der Waals surface area (Å²) in [5, 5.41) is 11.7. The van der Waals surface area contributed by atoms with Crippen molar-refractivity contribution >= 4 is 11.7 Å². The van der Waals surface area contributed by atoms with Crippen LogP contribution in [0.2, 0.25) is 0 Å². The number of rotatable bonds is 3. The second-order valence-corrected chi connectivity index (χ2v) is 4.85. The average molecular weight is 264 g/mol. The summed E-state index contributed by atoms with van der Waals surface area (Å²) in [6, 6.07) is 5.51. The number of hydrogen-bond acceptors (Lipinski definition) is 5. The molecule has 0 amide bonds. The van der Waals surface area contributed by atoms with Gasteiger partial charge in [-0.3, -0.25) is 0 Å². The lowest BCUT2D eigenvalue weighted by Gasteiger charge is -2.37. The van der Waals surface area contributed by atoms with Crippen LogP contribution in [-0.2, 0) is 4.74 Å². The largest absolute Gasteiger partial charge is 0.409 e. The third-order valence-corrected chi connectivity index (χ3v) is 3.62. The molecular weight excluding hydrogens is 244 g/mol. The minimum Gasteiger partial charge on any atom is -0.409 e. The molecule has 6 nitrogen and oxygen atoms in total. The van der Waals surface area contributed by atoms with Gasteiger partial charge in [-0.15, -0.1) is 0 Å². The summed E-state index contributed by atoms with van der Waals surface area (Å²) in [4.78, 5) is 6.58. The van der Waals surface area contributed by atoms with E-state index in [-0.39, 0.29) is 11.9 Å². The number of anilines is 1. The molecule has 2 atom stereocenters. The molecule has 0 spiro atoms. The number of pyridine rings is 1. The van der Waals surface area contributed by atoms with E-state index in [0.717, 1.165) is 25.3 Å². The molecule has 1 aliphatic heterocycles. The van der Waals surface area contributed by atoms with Crippen molar-refractivity contribution in [2.45, 2.75) is 19.4 Å². The molecule has 0 aliphatic carbocycles. The lowest BCUT2D eigenvalue weighted by molar-refractivity contribution is 0.0496. The monoisotopic (exact) mass is 264 g/mol. The zero-order valence-electron chi connectivity index (χ0n) is 11.3. The molecule has 19 heavy (non-hydrogen) atoms. The molecule has 1 aromatic heterocycles. The Balaban J connectivity index is 2.18. The number of amidine groups is 1. The van der Waals surface area contributed by atoms with E-state index in [1.165, 1.54) is 0 Å². The van der Waals surface area contributed by atoms with Crippen LogP contribution in [0, 0.1) is 5.92 Å². The highest BCUT2D eigenvalue weighted by Crippen LogP contribution is 2.23. The lowest BCUT2D eigenvalue weighted by Crippen LogP contribution is -2.44. The summed E-state index contributed by atoms with van der Waals surface area (Å²) >= 11 is 0. The van der Waals surface area contributed by atoms with Crippen LogP contribution in [-0.4, -0.2) is 42.3 Å². The summed E-state index contributed by atoms with van der Waals surface area (Å²) in [6.45, 7) is 3.95. The van der Waals surface area contributed by atoms with E-state index < -0.39 is 0 Å². The average Bonchev–Trinajstić information content (AvgIpc) is 2.47. The molecular formula is C13H20N4O2. The van der Waals surface area contributed by atoms with Gasteiger partial charge in [-0.05, 0) is 24.5 Å². The second-order valence-electron chi connectivity index (χ2n) is 4.85. The van der Waals surface area contributed by atoms with Gasteiger partial charge in [-0.25, -0.2) is 4.98 Å². The molecule has 104 valence electrons. The normalized spacial score (nSPS) is 24.5. The van der Waals surface area contributed by atoms with E-state index in [1.807, 2.05) is 12.1 Å². The molecule has 0 saturated carbocycles. The zero-order valence-corrected chi connectivity index (χ0v) is 11.3. The van der Waals surface area contributed by atoms with Crippen LogP contribution < -0.4 is 10.6 Å². The molecule has 0 radical (unpaired) electrons. The molecule has 2 heterocycles. The molecule has 0 bridgehead atoms. The van der Waals surface area contributed by atoms with Gasteiger partial charge in [0, 0.05) is 20.2 Å². The molecule has 2 rings (SSSR count). The number of nitrogens with two attached hydrogens (primary N) is 1. The van der Waals surface area contributed by atoms with Crippen LogP contribution in [0.4, 0.5) is 5.82 Å². The first-order valence-corrected chi connectivity index (χ1v) is 6.38. The quantitative estimate of drug-likeness (QED) is 0.369. The van der Waals surface area contributed by atoms with E-state index in [9.17, 15) is 0 Å². The van der Waals surface area contributed by atoms with E-state index in [4.69, 9.17) is 15.7 Å². The summed E-state index contributed by atoms with van der Waals surface area (Å²) < 4.78 is 5.50. The number of hydrogen-bond donors (Lipinski definition) is 2. The molecule has 1 saturated heterocycles. The minimum atomic E-state index is 0.0236. The maximum Gasteiger partial charge on any atom is 0.188 e. The van der Waals surface area contributed by atoms with Gasteiger partial charge < -0.3 is 20.6 Å². The molecule has 1 aromatic rings. The predicted octanol–water partition coefficient (Wildman–Crippen LogP) is 1.04. The lowest BCUT2D eigenvalue weighted by atomic mass is 9.96. The van der Waals surface area contributed by atoms with Crippen LogP contribution in [0.1, 0.15) is 19.0 Å². The zero-order chi connectivity index (χ0) is 13.8. The Kier molecular flexibility index (Phi) is 4.21. The fourth-order valence-corrected chi connectivity index (χ4v) is 2.34. The second kappa shape index (κ2) is 5.88. The maximum atomic E-state index is 8.69. The van der Waals surface area contributed by atoms with Gasteiger partial charge in [-0.2, -0.15) is 0 Å². The van der Waals surface area contributed by atoms with Crippen molar-refractivity contribution in [2.75, 3.05) is 25.1 Å². The fourth-order valence-electron chi connectivity index (χ4n) is 2.34. The van der Waals surface area contributed by atoms with Crippen molar-refractivity contribution in [3.8, 4) is 0 Å². The minimum absolute atomic E-state index is 0.0236. The first kappa shape index (κ1) is 13.6. The van der Waals surface area contributed by atoms with Crippen LogP contribution in [0.5, 0.6) is 0 Å². The molecule has 1 aliphatic rings. The Hall–Kier alpha value is -1.82. The van der Waals surface area contributed by atoms with Crippen LogP contribution in [0.3, 0.4) is 0 Å². The van der Waals surface area contributed by atoms with Gasteiger partial charge in [0.05, 0.1) is 6.10 Å². The van der Waals surface area contributed by atoms with Crippen LogP contribution in [0.25, 0.3) is 0 Å². The highest BCUT2D eigenvalue weighted by Gasteiger charge is 2.26. The Morgan fingerprint density at radius 1 is 1.58 bits per heavy atom. The third-order valence-electron chi connectivity index (χ3n) is 3.62. The third kappa shape index (κ3) is 2.96. The molecule has 1 fully saturated rings. The Morgan fingerprint density at radius 2 is 2.37 bits per heavy atom. The van der Waals surface area contributed by atoms with E-state index in [0.29, 0.717) is 11.6 Å². The van der Waals surface area contributed by atoms with Gasteiger partial charge in [0.2, 0.25) is 0 Å². The topological polar surface area (TPSA) is 84.0 Å². The summed E-state index contributed by atoms with van der Waals surface area (Å²) in [7, 11) is 1.74. The van der Waals surface area contributed by atoms with Crippen molar-refractivity contribution in [3.63, 3.8) is 0 Å². The number of oxime groups is 1. The Labute approximate surface area is 112 Å². The maximum absolute atomic E-state index is 8.69. The standard InChI is InChI=1S/C13H20N4O2/c1-9-6-7-17(8-11(9)19-2)12-5-3-4-10(15-12)13(14)16-18/h3-5,9,11,18H,6-8H2,1-2H3,(H2,14,16). The van der Waals surface area contributed by atoms with E-state index >= 15 is 0 Å². The van der Waals surface area contributed by atoms with Crippen molar-refractivity contribution in [3.05, 3.63) is 23.9 Å². The van der Waals surface area contributed by atoms with Crippen molar-refractivity contribution < 1.29 is 9.94 Å². The van der Waals surface area contributed by atoms with Crippen LogP contribution >= 0.6 is 0 Å². The van der Waals surface area contributed by atoms with E-state index in [2.05, 4.69) is 22.0 Å². The van der Waals surface area contributed by atoms with Crippen molar-refractivity contribution in [1.82, 2.24) is 4.98 Å². The van der Waals surface area contributed by atoms with Gasteiger partial charge in [-0.1, -0.05) is 18.1 Å². The van der Waals surface area contributed by atoms with Gasteiger partial charge in [0.15, 0.2) is 5.84 Å². The smallest absolute Gasteiger partial charge is 0.188 e. The highest BCUT2D eigenvalue weighted by atomic mass is 16.5. The number of methoxy groups -OCH3 is 1. The van der Waals surface area contributed by atoms with E-state index in [1.54, 1.807) is 13.2 Å². The summed E-state index contributed by atoms with van der Waals surface area (Å²) in [6.07, 6.45) is 1.27. The molecule has 0 aromatic carbocycles. The summed E-state index contributed by atoms with van der Waals surface area (Å²) in [5.74, 6) is 1.40. The number of aromatic nitrogens is 1. The highest BCUT2D eigenvalue weighted by molar-refractivity contribution is 5.95. The first-order valence-electron chi connectivity index (χ1n) is 6.38. The number of nitrogens with zero attached hydrogens (tertiary/aromatic N) is 3. The van der Waals surface area contributed by atoms with Crippen molar-refractivity contribution in [1.29, 1.82) is 0 Å². The molecule has 2 unspecified atom stereocenters. The summed E-state index contributed by atoms with van der Waals surface area (Å²) in [5.41, 5.74) is 6.04. The Morgan fingerprint density at radius 3 is 3.05 bits per heavy atom. The Bertz CT molecular complexity index is 464. The first-order chi connectivity index (χ1) is 9.15. The van der Waals surface area contributed by atoms with Gasteiger partial charge in [0.25, 0.3) is 0 Å². The fraction of sp³-hybridized carbons (Fsp3) is 0.538. The predicted molar refractivity (Wildman–Crippen MR) is 73.5 cm³/mol. The van der Waals surface area contributed by atoms with Crippen LogP contribution in [0.15, 0.2) is 23.4 Å².